The molecule has 1 saturated heterocycles. The van der Waals surface area contributed by atoms with Crippen LogP contribution in [0.4, 0.5) is 4.39 Å². The predicted molar refractivity (Wildman–Crippen MR) is 70.2 cm³/mol. The lowest BCUT2D eigenvalue weighted by Crippen LogP contribution is -2.35. The lowest BCUT2D eigenvalue weighted by atomic mass is 9.90. The van der Waals surface area contributed by atoms with Crippen LogP contribution in [0, 0.1) is 22.6 Å². The van der Waals surface area contributed by atoms with E-state index < -0.39 is 27.2 Å². The largest absolute Gasteiger partial charge is 0.481 e. The molecular formula is C13H13FN2O4S. The van der Waals surface area contributed by atoms with Crippen molar-refractivity contribution in [3.05, 3.63) is 29.6 Å². The molecule has 0 aromatic heterocycles. The average molecular weight is 312 g/mol. The van der Waals surface area contributed by atoms with Gasteiger partial charge in [-0.1, -0.05) is 0 Å². The van der Waals surface area contributed by atoms with Crippen LogP contribution in [0.1, 0.15) is 18.9 Å². The number of carboxylic acid groups (broad SMARTS) is 1. The lowest BCUT2D eigenvalue weighted by molar-refractivity contribution is -0.146. The van der Waals surface area contributed by atoms with E-state index in [2.05, 4.69) is 0 Å². The molecule has 1 aliphatic rings. The minimum atomic E-state index is -4.02. The zero-order valence-electron chi connectivity index (χ0n) is 11.2. The average Bonchev–Trinajstić information content (AvgIpc) is 2.83. The first kappa shape index (κ1) is 15.4. The number of sulfonamides is 1. The zero-order chi connectivity index (χ0) is 15.8. The van der Waals surface area contributed by atoms with Crippen molar-refractivity contribution in [2.75, 3.05) is 13.1 Å². The molecule has 1 aliphatic heterocycles. The molecular weight excluding hydrogens is 299 g/mol. The van der Waals surface area contributed by atoms with Crippen molar-refractivity contribution < 1.29 is 22.7 Å². The van der Waals surface area contributed by atoms with E-state index in [0.29, 0.717) is 0 Å². The molecule has 0 amide bonds. The van der Waals surface area contributed by atoms with Crippen molar-refractivity contribution in [2.45, 2.75) is 18.2 Å². The fraction of sp³-hybridized carbons (Fsp3) is 0.385. The fourth-order valence-corrected chi connectivity index (χ4v) is 3.94. The molecule has 1 aromatic carbocycles. The number of aliphatic carboxylic acids is 1. The van der Waals surface area contributed by atoms with Crippen molar-refractivity contribution in [3.8, 4) is 6.07 Å². The molecule has 1 aromatic rings. The summed E-state index contributed by atoms with van der Waals surface area (Å²) in [5.74, 6) is -1.78. The van der Waals surface area contributed by atoms with Gasteiger partial charge in [0.2, 0.25) is 10.0 Å². The standard InChI is InChI=1S/C13H13FN2O4S/c1-13(12(17)18)4-5-16(8-13)21(19,20)11-3-2-10(14)6-9(11)7-15/h2-3,6H,4-5,8H2,1H3,(H,17,18). The highest BCUT2D eigenvalue weighted by Crippen LogP contribution is 2.34. The van der Waals surface area contributed by atoms with E-state index in [1.54, 1.807) is 6.07 Å². The van der Waals surface area contributed by atoms with Crippen LogP contribution in [0.25, 0.3) is 0 Å². The summed E-state index contributed by atoms with van der Waals surface area (Å²) in [5.41, 5.74) is -1.45. The van der Waals surface area contributed by atoms with Gasteiger partial charge in [0.25, 0.3) is 0 Å². The second-order valence-electron chi connectivity index (χ2n) is 5.21. The number of carbonyl (C=O) groups is 1. The quantitative estimate of drug-likeness (QED) is 0.903. The molecule has 0 bridgehead atoms. The van der Waals surface area contributed by atoms with Gasteiger partial charge < -0.3 is 5.11 Å². The van der Waals surface area contributed by atoms with Crippen molar-refractivity contribution in [3.63, 3.8) is 0 Å². The van der Waals surface area contributed by atoms with E-state index >= 15 is 0 Å². The van der Waals surface area contributed by atoms with Crippen LogP contribution in [-0.2, 0) is 14.8 Å². The first-order valence-corrected chi connectivity index (χ1v) is 7.58. The minimum Gasteiger partial charge on any atom is -0.481 e. The highest BCUT2D eigenvalue weighted by Gasteiger charge is 2.45. The smallest absolute Gasteiger partial charge is 0.310 e. The van der Waals surface area contributed by atoms with Crippen LogP contribution in [0.15, 0.2) is 23.1 Å². The van der Waals surface area contributed by atoms with Gasteiger partial charge in [0.05, 0.1) is 11.0 Å². The fourth-order valence-electron chi connectivity index (χ4n) is 2.25. The molecule has 112 valence electrons. The Labute approximate surface area is 121 Å². The van der Waals surface area contributed by atoms with Gasteiger partial charge in [-0.3, -0.25) is 4.79 Å². The molecule has 21 heavy (non-hydrogen) atoms. The van der Waals surface area contributed by atoms with E-state index in [1.807, 2.05) is 0 Å². The predicted octanol–water partition coefficient (Wildman–Crippen LogP) is 1.18. The Morgan fingerprint density at radius 1 is 1.52 bits per heavy atom. The van der Waals surface area contributed by atoms with Gasteiger partial charge in [-0.15, -0.1) is 0 Å². The van der Waals surface area contributed by atoms with Gasteiger partial charge in [-0.2, -0.15) is 9.57 Å². The Bertz CT molecular complexity index is 741. The Morgan fingerprint density at radius 3 is 2.71 bits per heavy atom. The third-order valence-corrected chi connectivity index (χ3v) is 5.54. The van der Waals surface area contributed by atoms with Crippen molar-refractivity contribution in [1.82, 2.24) is 4.31 Å². The molecule has 1 heterocycles. The first-order valence-electron chi connectivity index (χ1n) is 6.14. The zero-order valence-corrected chi connectivity index (χ0v) is 12.0. The van der Waals surface area contributed by atoms with Gasteiger partial charge in [0, 0.05) is 13.1 Å². The highest BCUT2D eigenvalue weighted by atomic mass is 32.2. The number of hydrogen-bond acceptors (Lipinski definition) is 4. The van der Waals surface area contributed by atoms with Gasteiger partial charge >= 0.3 is 5.97 Å². The lowest BCUT2D eigenvalue weighted by Gasteiger charge is -2.20. The molecule has 6 nitrogen and oxygen atoms in total. The van der Waals surface area contributed by atoms with Gasteiger partial charge in [-0.05, 0) is 31.5 Å². The number of hydrogen-bond donors (Lipinski definition) is 1. The number of nitrogens with zero attached hydrogens (tertiary/aromatic N) is 2. The summed E-state index contributed by atoms with van der Waals surface area (Å²) in [6.07, 6.45) is 0.185. The maximum atomic E-state index is 13.1. The molecule has 8 heteroatoms. The molecule has 1 fully saturated rings. The summed E-state index contributed by atoms with van der Waals surface area (Å²) in [4.78, 5) is 10.9. The van der Waals surface area contributed by atoms with E-state index in [1.165, 1.54) is 6.92 Å². The van der Waals surface area contributed by atoms with E-state index in [-0.39, 0.29) is 30.0 Å². The maximum Gasteiger partial charge on any atom is 0.310 e. The van der Waals surface area contributed by atoms with Crippen molar-refractivity contribution >= 4 is 16.0 Å². The molecule has 0 aliphatic carbocycles. The topological polar surface area (TPSA) is 98.5 Å². The SMILES string of the molecule is CC1(C(=O)O)CCN(S(=O)(=O)c2ccc(F)cc2C#N)C1. The van der Waals surface area contributed by atoms with Crippen LogP contribution < -0.4 is 0 Å². The van der Waals surface area contributed by atoms with Crippen molar-refractivity contribution in [2.24, 2.45) is 5.41 Å². The first-order chi connectivity index (χ1) is 9.70. The summed E-state index contributed by atoms with van der Waals surface area (Å²) in [5, 5.41) is 18.1. The summed E-state index contributed by atoms with van der Waals surface area (Å²) in [6, 6.07) is 4.48. The molecule has 1 N–H and O–H groups in total. The van der Waals surface area contributed by atoms with Crippen LogP contribution in [0.5, 0.6) is 0 Å². The number of nitriles is 1. The Kier molecular flexibility index (Phi) is 3.74. The van der Waals surface area contributed by atoms with Crippen LogP contribution >= 0.6 is 0 Å². The van der Waals surface area contributed by atoms with Crippen molar-refractivity contribution in [1.29, 1.82) is 5.26 Å². The number of halogens is 1. The Balaban J connectivity index is 2.42. The highest BCUT2D eigenvalue weighted by molar-refractivity contribution is 7.89. The summed E-state index contributed by atoms with van der Waals surface area (Å²) < 4.78 is 39.1. The number of carboxylic acids is 1. The number of rotatable bonds is 3. The second-order valence-corrected chi connectivity index (χ2v) is 7.11. The van der Waals surface area contributed by atoms with E-state index in [0.717, 1.165) is 22.5 Å². The van der Waals surface area contributed by atoms with Crippen LogP contribution in [0.2, 0.25) is 0 Å². The van der Waals surface area contributed by atoms with E-state index in [9.17, 15) is 17.6 Å². The van der Waals surface area contributed by atoms with E-state index in [4.69, 9.17) is 10.4 Å². The van der Waals surface area contributed by atoms with Gasteiger partial charge in [0.1, 0.15) is 16.8 Å². The maximum absolute atomic E-state index is 13.1. The van der Waals surface area contributed by atoms with Gasteiger partial charge in [-0.25, -0.2) is 12.8 Å². The van der Waals surface area contributed by atoms with Gasteiger partial charge in [0.15, 0.2) is 0 Å². The summed E-state index contributed by atoms with van der Waals surface area (Å²) in [7, 11) is -4.02. The third kappa shape index (κ3) is 2.62. The molecule has 0 saturated carbocycles. The second kappa shape index (κ2) is 5.09. The normalized spacial score (nSPS) is 22.9. The summed E-state index contributed by atoms with van der Waals surface area (Å²) >= 11 is 0. The molecule has 0 spiro atoms. The molecule has 0 radical (unpaired) electrons. The Morgan fingerprint density at radius 2 is 2.19 bits per heavy atom. The molecule has 1 unspecified atom stereocenters. The van der Waals surface area contributed by atoms with Crippen LogP contribution in [0.3, 0.4) is 0 Å². The monoisotopic (exact) mass is 312 g/mol. The van der Waals surface area contributed by atoms with Crippen LogP contribution in [-0.4, -0.2) is 36.9 Å². The molecule has 2 rings (SSSR count). The summed E-state index contributed by atoms with van der Waals surface area (Å²) in [6.45, 7) is 1.35. The number of benzene rings is 1. The third-order valence-electron chi connectivity index (χ3n) is 3.63. The Hall–Kier alpha value is -1.98. The molecule has 1 atom stereocenters. The minimum absolute atomic E-state index is 0.0490.